The van der Waals surface area contributed by atoms with Crippen LogP contribution in [0.15, 0.2) is 12.2 Å². The van der Waals surface area contributed by atoms with E-state index in [9.17, 15) is 30.0 Å². The molecule has 2 rings (SSSR count). The number of rotatable bonds is 10. The van der Waals surface area contributed by atoms with Crippen LogP contribution in [-0.2, 0) is 19.1 Å². The van der Waals surface area contributed by atoms with E-state index >= 15 is 0 Å². The molecule has 10 heteroatoms. The van der Waals surface area contributed by atoms with Crippen molar-refractivity contribution in [3.8, 4) is 0 Å². The summed E-state index contributed by atoms with van der Waals surface area (Å²) in [6.07, 6.45) is 2.26. The van der Waals surface area contributed by atoms with Crippen LogP contribution in [0.4, 0.5) is 0 Å². The summed E-state index contributed by atoms with van der Waals surface area (Å²) in [4.78, 5) is 26.2. The summed E-state index contributed by atoms with van der Waals surface area (Å²) < 4.78 is 9.91. The lowest BCUT2D eigenvalue weighted by molar-refractivity contribution is -0.141. The molecule has 0 bridgehead atoms. The lowest BCUT2D eigenvalue weighted by atomic mass is 10.3. The third kappa shape index (κ3) is 7.12. The summed E-state index contributed by atoms with van der Waals surface area (Å²) in [6.45, 7) is 1.02. The molecular formula is C18H30N2O8. The average Bonchev–Trinajstić information content (AvgIpc) is 3.16. The molecule has 0 aliphatic carbocycles. The van der Waals surface area contributed by atoms with Gasteiger partial charge in [-0.25, -0.2) is 9.59 Å². The van der Waals surface area contributed by atoms with E-state index < -0.39 is 36.9 Å². The average molecular weight is 402 g/mol. The van der Waals surface area contributed by atoms with Crippen molar-refractivity contribution in [2.75, 3.05) is 26.3 Å². The first kappa shape index (κ1) is 22.7. The summed E-state index contributed by atoms with van der Waals surface area (Å²) >= 11 is 0. The van der Waals surface area contributed by atoms with Gasteiger partial charge in [0, 0.05) is 25.2 Å². The molecule has 2 heterocycles. The Hall–Kier alpha value is -1.56. The second-order valence-corrected chi connectivity index (χ2v) is 6.93. The van der Waals surface area contributed by atoms with Crippen LogP contribution in [0.2, 0.25) is 0 Å². The number of aliphatic hydroxyl groups excluding tert-OH is 4. The number of aliphatic hydroxyl groups is 4. The predicted octanol–water partition coefficient (Wildman–Crippen LogP) is -1.13. The fourth-order valence-corrected chi connectivity index (χ4v) is 3.33. The van der Waals surface area contributed by atoms with Crippen LogP contribution in [0.1, 0.15) is 38.5 Å². The van der Waals surface area contributed by atoms with Gasteiger partial charge in [-0.05, 0) is 38.5 Å². The van der Waals surface area contributed by atoms with Crippen LogP contribution in [0.3, 0.4) is 0 Å². The first-order chi connectivity index (χ1) is 13.4. The van der Waals surface area contributed by atoms with Gasteiger partial charge in [-0.3, -0.25) is 9.80 Å². The van der Waals surface area contributed by atoms with Crippen molar-refractivity contribution in [3.63, 3.8) is 0 Å². The molecule has 2 saturated heterocycles. The maximum absolute atomic E-state index is 11.6. The van der Waals surface area contributed by atoms with Crippen molar-refractivity contribution in [1.29, 1.82) is 0 Å². The van der Waals surface area contributed by atoms with Crippen LogP contribution in [0, 0.1) is 0 Å². The lowest BCUT2D eigenvalue weighted by Gasteiger charge is -2.23. The van der Waals surface area contributed by atoms with E-state index in [4.69, 9.17) is 9.47 Å². The van der Waals surface area contributed by atoms with Gasteiger partial charge in [0.05, 0.1) is 13.2 Å². The number of carbonyl (C=O) groups is 2. The molecule has 10 nitrogen and oxygen atoms in total. The molecule has 4 atom stereocenters. The minimum atomic E-state index is -0.678. The summed E-state index contributed by atoms with van der Waals surface area (Å²) in [5.41, 5.74) is 0. The summed E-state index contributed by atoms with van der Waals surface area (Å²) in [6, 6.07) is 0. The van der Waals surface area contributed by atoms with Gasteiger partial charge in [0.2, 0.25) is 0 Å². The highest BCUT2D eigenvalue weighted by Gasteiger charge is 2.30. The molecule has 4 unspecified atom stereocenters. The summed E-state index contributed by atoms with van der Waals surface area (Å²) in [5, 5.41) is 38.6. The molecule has 0 aromatic rings. The van der Waals surface area contributed by atoms with Gasteiger partial charge in [-0.15, -0.1) is 0 Å². The molecule has 4 N–H and O–H groups in total. The number of nitrogens with zero attached hydrogens (tertiary/aromatic N) is 2. The molecule has 2 aliphatic heterocycles. The topological polar surface area (TPSA) is 140 Å². The van der Waals surface area contributed by atoms with Gasteiger partial charge in [0.1, 0.15) is 24.9 Å². The Bertz CT molecular complexity index is 478. The van der Waals surface area contributed by atoms with Gasteiger partial charge in [-0.1, -0.05) is 0 Å². The number of ether oxygens (including phenoxy) is 2. The summed E-state index contributed by atoms with van der Waals surface area (Å²) in [7, 11) is 0. The van der Waals surface area contributed by atoms with E-state index in [-0.39, 0.29) is 13.2 Å². The molecule has 0 aromatic carbocycles. The normalized spacial score (nSPS) is 28.9. The van der Waals surface area contributed by atoms with Crippen molar-refractivity contribution in [2.24, 2.45) is 0 Å². The number of hydrogen-bond donors (Lipinski definition) is 4. The second kappa shape index (κ2) is 11.4. The molecule has 0 spiro atoms. The Labute approximate surface area is 163 Å². The monoisotopic (exact) mass is 402 g/mol. The molecular weight excluding hydrogens is 372 g/mol. The van der Waals surface area contributed by atoms with Gasteiger partial charge >= 0.3 is 11.9 Å². The van der Waals surface area contributed by atoms with Crippen LogP contribution >= 0.6 is 0 Å². The molecule has 28 heavy (non-hydrogen) atoms. The highest BCUT2D eigenvalue weighted by Crippen LogP contribution is 2.21. The first-order valence-corrected chi connectivity index (χ1v) is 9.64. The minimum Gasteiger partial charge on any atom is -0.462 e. The van der Waals surface area contributed by atoms with Crippen molar-refractivity contribution >= 4 is 11.9 Å². The maximum Gasteiger partial charge on any atom is 0.331 e. The smallest absolute Gasteiger partial charge is 0.331 e. The van der Waals surface area contributed by atoms with Crippen molar-refractivity contribution in [3.05, 3.63) is 12.2 Å². The van der Waals surface area contributed by atoms with E-state index in [1.165, 1.54) is 0 Å². The Balaban J connectivity index is 1.52. The standard InChI is InChI=1S/C18H30N2O8/c21-13-3-4-14(22)19(13)9-1-11-27-17(25)7-8-18(26)28-12-2-10-20-15(23)5-6-16(20)24/h7-8,13-16,21-24H,1-6,9-12H2/b8-7+. The fraction of sp³-hybridized carbons (Fsp3) is 0.778. The second-order valence-electron chi connectivity index (χ2n) is 6.93. The van der Waals surface area contributed by atoms with Crippen LogP contribution in [0.5, 0.6) is 0 Å². The van der Waals surface area contributed by atoms with Crippen LogP contribution in [0.25, 0.3) is 0 Å². The largest absolute Gasteiger partial charge is 0.462 e. The lowest BCUT2D eigenvalue weighted by Crippen LogP contribution is -2.37. The van der Waals surface area contributed by atoms with Crippen molar-refractivity contribution < 1.29 is 39.5 Å². The summed E-state index contributed by atoms with van der Waals surface area (Å²) in [5.74, 6) is -1.36. The molecule has 2 aliphatic rings. The van der Waals surface area contributed by atoms with E-state index in [1.807, 2.05) is 0 Å². The molecule has 160 valence electrons. The van der Waals surface area contributed by atoms with E-state index in [1.54, 1.807) is 9.80 Å². The number of hydrogen-bond acceptors (Lipinski definition) is 10. The third-order valence-electron chi connectivity index (χ3n) is 4.86. The Morgan fingerprint density at radius 2 is 1.04 bits per heavy atom. The quantitative estimate of drug-likeness (QED) is 0.202. The Kier molecular flexibility index (Phi) is 9.29. The van der Waals surface area contributed by atoms with Gasteiger partial charge in [0.25, 0.3) is 0 Å². The van der Waals surface area contributed by atoms with Crippen molar-refractivity contribution in [2.45, 2.75) is 63.4 Å². The highest BCUT2D eigenvalue weighted by atomic mass is 16.5. The zero-order valence-corrected chi connectivity index (χ0v) is 15.9. The third-order valence-corrected chi connectivity index (χ3v) is 4.86. The Morgan fingerprint density at radius 1 is 0.714 bits per heavy atom. The molecule has 0 aromatic heterocycles. The minimum absolute atomic E-state index is 0.106. The molecule has 0 saturated carbocycles. The zero-order valence-electron chi connectivity index (χ0n) is 15.9. The highest BCUT2D eigenvalue weighted by molar-refractivity contribution is 5.91. The number of carbonyl (C=O) groups excluding carboxylic acids is 2. The van der Waals surface area contributed by atoms with E-state index in [0.717, 1.165) is 12.2 Å². The zero-order chi connectivity index (χ0) is 20.5. The van der Waals surface area contributed by atoms with Crippen LogP contribution in [-0.4, -0.2) is 93.4 Å². The maximum atomic E-state index is 11.6. The van der Waals surface area contributed by atoms with E-state index in [2.05, 4.69) is 0 Å². The van der Waals surface area contributed by atoms with Crippen LogP contribution < -0.4 is 0 Å². The predicted molar refractivity (Wildman–Crippen MR) is 96.2 cm³/mol. The number of likely N-dealkylation sites (tertiary alicyclic amines) is 2. The number of esters is 2. The molecule has 2 fully saturated rings. The van der Waals surface area contributed by atoms with Gasteiger partial charge in [-0.2, -0.15) is 0 Å². The van der Waals surface area contributed by atoms with Gasteiger partial charge in [0.15, 0.2) is 0 Å². The van der Waals surface area contributed by atoms with E-state index in [0.29, 0.717) is 51.6 Å². The molecule has 0 amide bonds. The van der Waals surface area contributed by atoms with Crippen molar-refractivity contribution in [1.82, 2.24) is 9.80 Å². The molecule has 0 radical (unpaired) electrons. The van der Waals surface area contributed by atoms with Gasteiger partial charge < -0.3 is 29.9 Å². The fourth-order valence-electron chi connectivity index (χ4n) is 3.33. The Morgan fingerprint density at radius 3 is 1.36 bits per heavy atom. The first-order valence-electron chi connectivity index (χ1n) is 9.64. The SMILES string of the molecule is O=C(/C=C/C(=O)OCCCN1C(O)CCC1O)OCCCN1C(O)CCC1O.